The number of hydrogen-bond acceptors (Lipinski definition) is 2. The van der Waals surface area contributed by atoms with Gasteiger partial charge in [0.1, 0.15) is 0 Å². The van der Waals surface area contributed by atoms with Gasteiger partial charge in [-0.3, -0.25) is 0 Å². The Morgan fingerprint density at radius 3 is 2.62 bits per heavy atom. The van der Waals surface area contributed by atoms with Gasteiger partial charge in [0.05, 0.1) is 0 Å². The third-order valence-corrected chi connectivity index (χ3v) is 3.03. The van der Waals surface area contributed by atoms with Crippen molar-refractivity contribution in [2.75, 3.05) is 6.79 Å². The van der Waals surface area contributed by atoms with Gasteiger partial charge in [0, 0.05) is 0 Å². The molecular weight excluding hydrogens is 200 g/mol. The number of allylic oxidation sites excluding steroid dienone is 4. The first-order chi connectivity index (χ1) is 7.84. The van der Waals surface area contributed by atoms with Gasteiger partial charge >= 0.3 is 0 Å². The van der Waals surface area contributed by atoms with Gasteiger partial charge in [-0.25, -0.2) is 0 Å². The number of fused-ring (bicyclic) bond motifs is 1. The molecule has 0 N–H and O–H groups in total. The first-order valence-electron chi connectivity index (χ1n) is 5.62. The molecule has 82 valence electrons. The smallest absolute Gasteiger partial charge is 0.231 e. The molecule has 1 aromatic carbocycles. The van der Waals surface area contributed by atoms with Crippen molar-refractivity contribution in [2.24, 2.45) is 0 Å². The fourth-order valence-corrected chi connectivity index (χ4v) is 2.17. The van der Waals surface area contributed by atoms with E-state index in [-0.39, 0.29) is 0 Å². The van der Waals surface area contributed by atoms with Crippen molar-refractivity contribution < 1.29 is 9.47 Å². The van der Waals surface area contributed by atoms with Crippen LogP contribution in [0.3, 0.4) is 0 Å². The minimum atomic E-state index is 0.340. The maximum absolute atomic E-state index is 5.41. The van der Waals surface area contributed by atoms with E-state index >= 15 is 0 Å². The van der Waals surface area contributed by atoms with Crippen LogP contribution in [-0.4, -0.2) is 6.79 Å². The summed E-state index contributed by atoms with van der Waals surface area (Å²) in [6.07, 6.45) is 8.96. The van der Waals surface area contributed by atoms with Crippen LogP contribution in [0.15, 0.2) is 30.4 Å². The van der Waals surface area contributed by atoms with Crippen molar-refractivity contribution in [2.45, 2.75) is 19.8 Å². The van der Waals surface area contributed by atoms with Crippen molar-refractivity contribution in [3.8, 4) is 11.5 Å². The maximum atomic E-state index is 5.41. The average Bonchev–Trinajstić information content (AvgIpc) is 2.76. The summed E-state index contributed by atoms with van der Waals surface area (Å²) in [5.74, 6) is 1.72. The van der Waals surface area contributed by atoms with Gasteiger partial charge in [-0.05, 0) is 48.6 Å². The Labute approximate surface area is 95.2 Å². The van der Waals surface area contributed by atoms with Crippen molar-refractivity contribution in [3.05, 3.63) is 41.5 Å². The van der Waals surface area contributed by atoms with Crippen LogP contribution in [0.4, 0.5) is 0 Å². The first kappa shape index (κ1) is 9.52. The lowest BCUT2D eigenvalue weighted by Gasteiger charge is -2.11. The summed E-state index contributed by atoms with van der Waals surface area (Å²) in [6.45, 7) is 2.45. The molecule has 0 atom stereocenters. The Balaban J connectivity index is 2.07. The Bertz CT molecular complexity index is 484. The second-order valence-electron chi connectivity index (χ2n) is 4.16. The van der Waals surface area contributed by atoms with E-state index in [0.717, 1.165) is 24.3 Å². The van der Waals surface area contributed by atoms with Gasteiger partial charge < -0.3 is 9.47 Å². The summed E-state index contributed by atoms with van der Waals surface area (Å²) < 4.78 is 10.8. The van der Waals surface area contributed by atoms with Crippen molar-refractivity contribution in [1.29, 1.82) is 0 Å². The number of aryl methyl sites for hydroxylation is 1. The molecule has 2 aliphatic rings. The molecule has 0 bridgehead atoms. The lowest BCUT2D eigenvalue weighted by molar-refractivity contribution is 0.174. The van der Waals surface area contributed by atoms with Crippen LogP contribution >= 0.6 is 0 Å². The Hall–Kier alpha value is -1.70. The average molecular weight is 214 g/mol. The van der Waals surface area contributed by atoms with Crippen LogP contribution in [0, 0.1) is 6.92 Å². The predicted molar refractivity (Wildman–Crippen MR) is 63.7 cm³/mol. The minimum Gasteiger partial charge on any atom is -0.454 e. The second kappa shape index (κ2) is 3.71. The molecule has 3 rings (SSSR count). The highest BCUT2D eigenvalue weighted by Gasteiger charge is 2.16. The molecular formula is C14H14O2. The Morgan fingerprint density at radius 1 is 1.06 bits per heavy atom. The number of ether oxygens (including phenoxy) is 2. The van der Waals surface area contributed by atoms with Crippen LogP contribution in [0.1, 0.15) is 24.0 Å². The normalized spacial score (nSPS) is 17.4. The third kappa shape index (κ3) is 1.51. The molecule has 0 saturated heterocycles. The Kier molecular flexibility index (Phi) is 2.21. The van der Waals surface area contributed by atoms with E-state index in [9.17, 15) is 0 Å². The summed E-state index contributed by atoms with van der Waals surface area (Å²) in [6, 6.07) is 4.14. The molecule has 0 spiro atoms. The van der Waals surface area contributed by atoms with Crippen molar-refractivity contribution in [3.63, 3.8) is 0 Å². The van der Waals surface area contributed by atoms with Gasteiger partial charge in [-0.1, -0.05) is 18.2 Å². The zero-order valence-electron chi connectivity index (χ0n) is 9.32. The van der Waals surface area contributed by atoms with E-state index in [0.29, 0.717) is 6.79 Å². The molecule has 0 fully saturated rings. The lowest BCUT2D eigenvalue weighted by Crippen LogP contribution is -1.93. The SMILES string of the molecule is Cc1cc2c(cc1C1=CCCC=C1)OCO2. The van der Waals surface area contributed by atoms with E-state index in [1.54, 1.807) is 0 Å². The summed E-state index contributed by atoms with van der Waals surface area (Å²) in [7, 11) is 0. The van der Waals surface area contributed by atoms with Gasteiger partial charge in [0.25, 0.3) is 0 Å². The molecule has 0 aromatic heterocycles. The quantitative estimate of drug-likeness (QED) is 0.712. The number of benzene rings is 1. The standard InChI is InChI=1S/C14H14O2/c1-10-7-13-14(16-9-15-13)8-12(10)11-5-3-2-4-6-11/h3,5-8H,2,4,9H2,1H3. The summed E-state index contributed by atoms with van der Waals surface area (Å²) in [5, 5.41) is 0. The summed E-state index contributed by atoms with van der Waals surface area (Å²) in [5.41, 5.74) is 3.78. The molecule has 0 saturated carbocycles. The van der Waals surface area contributed by atoms with Crippen LogP contribution < -0.4 is 9.47 Å². The molecule has 0 radical (unpaired) electrons. The molecule has 1 aromatic rings. The van der Waals surface area contributed by atoms with E-state index in [4.69, 9.17) is 9.47 Å². The largest absolute Gasteiger partial charge is 0.454 e. The zero-order valence-corrected chi connectivity index (χ0v) is 9.32. The number of rotatable bonds is 1. The molecule has 1 heterocycles. The van der Waals surface area contributed by atoms with Crippen molar-refractivity contribution in [1.82, 2.24) is 0 Å². The molecule has 0 unspecified atom stereocenters. The maximum Gasteiger partial charge on any atom is 0.231 e. The van der Waals surface area contributed by atoms with Gasteiger partial charge in [-0.2, -0.15) is 0 Å². The zero-order chi connectivity index (χ0) is 11.0. The fraction of sp³-hybridized carbons (Fsp3) is 0.286. The van der Waals surface area contributed by atoms with Crippen LogP contribution in [-0.2, 0) is 0 Å². The highest BCUT2D eigenvalue weighted by molar-refractivity contribution is 5.78. The molecule has 2 heteroatoms. The number of hydrogen-bond donors (Lipinski definition) is 0. The molecule has 2 nitrogen and oxygen atoms in total. The topological polar surface area (TPSA) is 18.5 Å². The van der Waals surface area contributed by atoms with Gasteiger partial charge in [0.15, 0.2) is 11.5 Å². The van der Waals surface area contributed by atoms with Gasteiger partial charge in [-0.15, -0.1) is 0 Å². The van der Waals surface area contributed by atoms with Crippen LogP contribution in [0.2, 0.25) is 0 Å². The van der Waals surface area contributed by atoms with Crippen LogP contribution in [0.25, 0.3) is 5.57 Å². The second-order valence-corrected chi connectivity index (χ2v) is 4.16. The fourth-order valence-electron chi connectivity index (χ4n) is 2.17. The van der Waals surface area contributed by atoms with E-state index in [2.05, 4.69) is 37.3 Å². The van der Waals surface area contributed by atoms with Gasteiger partial charge in [0.2, 0.25) is 6.79 Å². The molecule has 16 heavy (non-hydrogen) atoms. The summed E-state index contributed by atoms with van der Waals surface area (Å²) >= 11 is 0. The predicted octanol–water partition coefficient (Wildman–Crippen LogP) is 3.46. The molecule has 1 aliphatic carbocycles. The highest BCUT2D eigenvalue weighted by atomic mass is 16.7. The molecule has 0 amide bonds. The van der Waals surface area contributed by atoms with E-state index in [1.165, 1.54) is 16.7 Å². The highest BCUT2D eigenvalue weighted by Crippen LogP contribution is 2.37. The first-order valence-corrected chi connectivity index (χ1v) is 5.62. The monoisotopic (exact) mass is 214 g/mol. The minimum absolute atomic E-state index is 0.340. The lowest BCUT2D eigenvalue weighted by atomic mass is 9.95. The van der Waals surface area contributed by atoms with Crippen molar-refractivity contribution >= 4 is 5.57 Å². The van der Waals surface area contributed by atoms with E-state index < -0.39 is 0 Å². The molecule has 1 aliphatic heterocycles. The summed E-state index contributed by atoms with van der Waals surface area (Å²) in [4.78, 5) is 0. The van der Waals surface area contributed by atoms with Crippen LogP contribution in [0.5, 0.6) is 11.5 Å². The van der Waals surface area contributed by atoms with E-state index in [1.807, 2.05) is 0 Å². The third-order valence-electron chi connectivity index (χ3n) is 3.03. The Morgan fingerprint density at radius 2 is 1.88 bits per heavy atom.